The molecular formula is C10H16N4O. The summed E-state index contributed by atoms with van der Waals surface area (Å²) in [6.07, 6.45) is 3.12. The smallest absolute Gasteiger partial charge is 0.244 e. The number of hydrogen-bond acceptors (Lipinski definition) is 4. The minimum atomic E-state index is -0.582. The van der Waals surface area contributed by atoms with Crippen LogP contribution in [0.5, 0.6) is 0 Å². The van der Waals surface area contributed by atoms with Gasteiger partial charge >= 0.3 is 0 Å². The van der Waals surface area contributed by atoms with Gasteiger partial charge in [-0.15, -0.1) is 0 Å². The molecule has 0 radical (unpaired) electrons. The minimum Gasteiger partial charge on any atom is -0.319 e. The van der Waals surface area contributed by atoms with Gasteiger partial charge in [0.2, 0.25) is 11.9 Å². The van der Waals surface area contributed by atoms with Gasteiger partial charge < -0.3 is 5.73 Å². The molecule has 0 saturated heterocycles. The second-order valence-electron chi connectivity index (χ2n) is 4.41. The van der Waals surface area contributed by atoms with Crippen molar-refractivity contribution in [2.75, 3.05) is 5.32 Å². The van der Waals surface area contributed by atoms with E-state index in [4.69, 9.17) is 5.73 Å². The molecule has 1 amide bonds. The van der Waals surface area contributed by atoms with Gasteiger partial charge in [0, 0.05) is 12.4 Å². The van der Waals surface area contributed by atoms with E-state index in [2.05, 4.69) is 15.3 Å². The van der Waals surface area contributed by atoms with Crippen molar-refractivity contribution >= 4 is 11.9 Å². The highest BCUT2D eigenvalue weighted by atomic mass is 16.2. The van der Waals surface area contributed by atoms with Gasteiger partial charge in [-0.3, -0.25) is 10.1 Å². The van der Waals surface area contributed by atoms with Gasteiger partial charge in [-0.1, -0.05) is 20.8 Å². The lowest BCUT2D eigenvalue weighted by Gasteiger charge is -2.25. The summed E-state index contributed by atoms with van der Waals surface area (Å²) >= 11 is 0. The number of carbonyl (C=O) groups excluding carboxylic acids is 1. The quantitative estimate of drug-likeness (QED) is 0.752. The Labute approximate surface area is 89.1 Å². The Kier molecular flexibility index (Phi) is 3.36. The number of hydrogen-bond donors (Lipinski definition) is 2. The summed E-state index contributed by atoms with van der Waals surface area (Å²) in [5.41, 5.74) is 5.50. The number of aromatic nitrogens is 2. The molecule has 1 heterocycles. The molecule has 1 aromatic heterocycles. The Bertz CT molecular complexity index is 331. The Morgan fingerprint density at radius 1 is 1.40 bits per heavy atom. The molecule has 0 fully saturated rings. The molecule has 82 valence electrons. The lowest BCUT2D eigenvalue weighted by atomic mass is 9.87. The summed E-state index contributed by atoms with van der Waals surface area (Å²) < 4.78 is 0. The first-order valence-electron chi connectivity index (χ1n) is 4.75. The van der Waals surface area contributed by atoms with Crippen LogP contribution in [0.3, 0.4) is 0 Å². The first kappa shape index (κ1) is 11.6. The van der Waals surface area contributed by atoms with E-state index in [0.29, 0.717) is 0 Å². The SMILES string of the molecule is CC(C)(C)C(N)C(=O)Nc1ncccn1. The Morgan fingerprint density at radius 3 is 2.40 bits per heavy atom. The van der Waals surface area contributed by atoms with Crippen molar-refractivity contribution in [1.82, 2.24) is 9.97 Å². The van der Waals surface area contributed by atoms with Crippen molar-refractivity contribution < 1.29 is 4.79 Å². The summed E-state index contributed by atoms with van der Waals surface area (Å²) in [4.78, 5) is 19.4. The second kappa shape index (κ2) is 4.35. The van der Waals surface area contributed by atoms with E-state index in [1.165, 1.54) is 0 Å². The third kappa shape index (κ3) is 3.28. The molecule has 5 heteroatoms. The normalized spacial score (nSPS) is 13.3. The lowest BCUT2D eigenvalue weighted by Crippen LogP contribution is -2.45. The standard InChI is InChI=1S/C10H16N4O/c1-10(2,3)7(11)8(15)14-9-12-5-4-6-13-9/h4-7H,11H2,1-3H3,(H,12,13,14,15). The summed E-state index contributed by atoms with van der Waals surface area (Å²) in [6.45, 7) is 5.72. The molecule has 5 nitrogen and oxygen atoms in total. The Balaban J connectivity index is 2.65. The number of nitrogens with zero attached hydrogens (tertiary/aromatic N) is 2. The molecule has 1 atom stereocenters. The van der Waals surface area contributed by atoms with Crippen molar-refractivity contribution in [2.24, 2.45) is 11.1 Å². The molecule has 3 N–H and O–H groups in total. The van der Waals surface area contributed by atoms with Gasteiger partial charge in [0.1, 0.15) is 0 Å². The van der Waals surface area contributed by atoms with Gasteiger partial charge in [0.25, 0.3) is 0 Å². The molecule has 1 aromatic rings. The molecule has 0 aliphatic rings. The number of nitrogens with two attached hydrogens (primary N) is 1. The second-order valence-corrected chi connectivity index (χ2v) is 4.41. The highest BCUT2D eigenvalue weighted by Crippen LogP contribution is 2.17. The van der Waals surface area contributed by atoms with Crippen molar-refractivity contribution in [3.63, 3.8) is 0 Å². The zero-order chi connectivity index (χ0) is 11.5. The van der Waals surface area contributed by atoms with Crippen LogP contribution in [-0.2, 0) is 4.79 Å². The Hall–Kier alpha value is -1.49. The fraction of sp³-hybridized carbons (Fsp3) is 0.500. The van der Waals surface area contributed by atoms with Crippen LogP contribution < -0.4 is 11.1 Å². The zero-order valence-electron chi connectivity index (χ0n) is 9.19. The molecule has 1 rings (SSSR count). The fourth-order valence-electron chi connectivity index (χ4n) is 0.945. The summed E-state index contributed by atoms with van der Waals surface area (Å²) in [5.74, 6) is 0.0101. The van der Waals surface area contributed by atoms with Gasteiger partial charge in [0.15, 0.2) is 0 Å². The maximum Gasteiger partial charge on any atom is 0.244 e. The zero-order valence-corrected chi connectivity index (χ0v) is 9.19. The number of rotatable bonds is 2. The molecule has 0 aliphatic carbocycles. The third-order valence-electron chi connectivity index (χ3n) is 2.02. The van der Waals surface area contributed by atoms with Crippen molar-refractivity contribution in [3.8, 4) is 0 Å². The van der Waals surface area contributed by atoms with Crippen LogP contribution in [0.4, 0.5) is 5.95 Å². The van der Waals surface area contributed by atoms with E-state index >= 15 is 0 Å². The van der Waals surface area contributed by atoms with Gasteiger partial charge in [0.05, 0.1) is 6.04 Å². The Morgan fingerprint density at radius 2 is 1.93 bits per heavy atom. The highest BCUT2D eigenvalue weighted by molar-refractivity contribution is 5.93. The molecule has 0 saturated carbocycles. The largest absolute Gasteiger partial charge is 0.319 e. The molecular weight excluding hydrogens is 192 g/mol. The average Bonchev–Trinajstić information content (AvgIpc) is 2.16. The first-order chi connectivity index (χ1) is 6.91. The number of anilines is 1. The van der Waals surface area contributed by atoms with E-state index in [9.17, 15) is 4.79 Å². The van der Waals surface area contributed by atoms with E-state index in [0.717, 1.165) is 0 Å². The van der Waals surface area contributed by atoms with Gasteiger partial charge in [-0.25, -0.2) is 9.97 Å². The van der Waals surface area contributed by atoms with Crippen molar-refractivity contribution in [3.05, 3.63) is 18.5 Å². The highest BCUT2D eigenvalue weighted by Gasteiger charge is 2.27. The number of carbonyl (C=O) groups is 1. The van der Waals surface area contributed by atoms with Crippen molar-refractivity contribution in [1.29, 1.82) is 0 Å². The summed E-state index contributed by atoms with van der Waals surface area (Å²) in [5, 5.41) is 2.56. The van der Waals surface area contributed by atoms with Crippen LogP contribution in [0.2, 0.25) is 0 Å². The summed E-state index contributed by atoms with van der Waals surface area (Å²) in [7, 11) is 0. The van der Waals surface area contributed by atoms with E-state index in [-0.39, 0.29) is 17.3 Å². The number of amides is 1. The third-order valence-corrected chi connectivity index (χ3v) is 2.02. The van der Waals surface area contributed by atoms with E-state index in [1.54, 1.807) is 18.5 Å². The maximum atomic E-state index is 11.6. The molecule has 0 spiro atoms. The molecule has 0 aliphatic heterocycles. The van der Waals surface area contributed by atoms with E-state index < -0.39 is 6.04 Å². The molecule has 0 bridgehead atoms. The van der Waals surface area contributed by atoms with Gasteiger partial charge in [-0.05, 0) is 11.5 Å². The van der Waals surface area contributed by atoms with Crippen LogP contribution in [0.15, 0.2) is 18.5 Å². The first-order valence-corrected chi connectivity index (χ1v) is 4.75. The summed E-state index contributed by atoms with van der Waals surface area (Å²) in [6, 6.07) is 1.10. The average molecular weight is 208 g/mol. The van der Waals surface area contributed by atoms with Crippen LogP contribution >= 0.6 is 0 Å². The molecule has 15 heavy (non-hydrogen) atoms. The molecule has 1 unspecified atom stereocenters. The number of nitrogens with one attached hydrogen (secondary N) is 1. The lowest BCUT2D eigenvalue weighted by molar-refractivity contribution is -0.119. The predicted molar refractivity (Wildman–Crippen MR) is 58.1 cm³/mol. The minimum absolute atomic E-state index is 0.270. The fourth-order valence-corrected chi connectivity index (χ4v) is 0.945. The van der Waals surface area contributed by atoms with Crippen LogP contribution in [-0.4, -0.2) is 21.9 Å². The maximum absolute atomic E-state index is 11.6. The molecule has 0 aromatic carbocycles. The topological polar surface area (TPSA) is 80.9 Å². The van der Waals surface area contributed by atoms with E-state index in [1.807, 2.05) is 20.8 Å². The van der Waals surface area contributed by atoms with Crippen LogP contribution in [0.25, 0.3) is 0 Å². The van der Waals surface area contributed by atoms with Crippen molar-refractivity contribution in [2.45, 2.75) is 26.8 Å². The van der Waals surface area contributed by atoms with Gasteiger partial charge in [-0.2, -0.15) is 0 Å². The monoisotopic (exact) mass is 208 g/mol. The predicted octanol–water partition coefficient (Wildman–Crippen LogP) is 0.788. The van der Waals surface area contributed by atoms with Crippen LogP contribution in [0, 0.1) is 5.41 Å². The van der Waals surface area contributed by atoms with Crippen LogP contribution in [0.1, 0.15) is 20.8 Å².